The number of amides is 2. The summed E-state index contributed by atoms with van der Waals surface area (Å²) in [5.41, 5.74) is 4.11. The maximum absolute atomic E-state index is 13.3. The summed E-state index contributed by atoms with van der Waals surface area (Å²) in [6.07, 6.45) is 11.6. The summed E-state index contributed by atoms with van der Waals surface area (Å²) in [5.74, 6) is 2.50. The fourth-order valence-electron chi connectivity index (χ4n) is 8.86. The average molecular weight is 755 g/mol. The highest BCUT2D eigenvalue weighted by Crippen LogP contribution is 2.47. The van der Waals surface area contributed by atoms with Gasteiger partial charge in [-0.15, -0.1) is 0 Å². The Labute approximate surface area is 318 Å². The molecule has 5 unspecified atom stereocenters. The number of halogens is 1. The molecule has 2 aromatic carbocycles. The number of benzene rings is 2. The number of rotatable bonds is 3. The largest absolute Gasteiger partial charge is 0.490 e. The van der Waals surface area contributed by atoms with Gasteiger partial charge in [0.1, 0.15) is 16.7 Å². The van der Waals surface area contributed by atoms with E-state index in [9.17, 15) is 13.8 Å². The van der Waals surface area contributed by atoms with Crippen molar-refractivity contribution in [2.24, 2.45) is 17.8 Å². The van der Waals surface area contributed by atoms with Crippen LogP contribution in [0.25, 0.3) is 0 Å². The molecule has 3 aliphatic heterocycles. The summed E-state index contributed by atoms with van der Waals surface area (Å²) in [7, 11) is 2.22. The van der Waals surface area contributed by atoms with Crippen LogP contribution in [-0.4, -0.2) is 97.7 Å². The molecule has 2 fully saturated rings. The lowest BCUT2D eigenvalue weighted by molar-refractivity contribution is -0.131. The van der Waals surface area contributed by atoms with Crippen molar-refractivity contribution < 1.29 is 23.3 Å². The lowest BCUT2D eigenvalue weighted by atomic mass is 9.68. The monoisotopic (exact) mass is 754 g/mol. The molecule has 5 aliphatic rings. The lowest BCUT2D eigenvalue weighted by Gasteiger charge is -2.44. The second-order valence-electron chi connectivity index (χ2n) is 16.0. The van der Waals surface area contributed by atoms with E-state index < -0.39 is 11.0 Å². The van der Waals surface area contributed by atoms with Crippen molar-refractivity contribution >= 4 is 40.1 Å². The fraction of sp³-hybridized carbons (Fsp3) is 0.659. The molecule has 9 nitrogen and oxygen atoms in total. The van der Waals surface area contributed by atoms with Crippen molar-refractivity contribution in [1.29, 1.82) is 0 Å². The number of fused-ring (bicyclic) bond motifs is 4. The van der Waals surface area contributed by atoms with Gasteiger partial charge in [-0.25, -0.2) is 4.21 Å². The Hall–Kier alpha value is -2.66. The van der Waals surface area contributed by atoms with Crippen molar-refractivity contribution in [3.8, 4) is 5.75 Å². The molecule has 0 radical (unpaired) electrons. The summed E-state index contributed by atoms with van der Waals surface area (Å²) < 4.78 is 27.4. The van der Waals surface area contributed by atoms with E-state index in [4.69, 9.17) is 21.1 Å². The quantitative estimate of drug-likeness (QED) is 0.377. The van der Waals surface area contributed by atoms with E-state index in [1.165, 1.54) is 36.8 Å². The third kappa shape index (κ3) is 9.16. The standard InChI is InChI=1S/C32H41ClN2O3S.C9H18N2O2/c1-21-6-3-4-7-23-9-10-26(23)18-35-19-32(15-5-8-24-16-27(33)12-13-28(24)32)20-38-30-14-11-25(17-29(30)35)31(36)34-39(37)22(21)2;1-10-4-3-5-11(6-7-13-2)9(12)8-10/h11-14,16-17,21-23,26H,3-10,15,18-20H2,1-2H3,(H,34,36);3-8H2,1-2H3/t21?,22?,23?,26?,32-,39?;/m0./s1. The maximum Gasteiger partial charge on any atom is 0.263 e. The summed E-state index contributed by atoms with van der Waals surface area (Å²) in [6, 6.07) is 12.1. The second-order valence-corrected chi connectivity index (χ2v) is 18.0. The van der Waals surface area contributed by atoms with Gasteiger partial charge in [-0.05, 0) is 118 Å². The van der Waals surface area contributed by atoms with Gasteiger partial charge in [-0.3, -0.25) is 19.2 Å². The molecule has 6 atom stereocenters. The summed E-state index contributed by atoms with van der Waals surface area (Å²) in [5, 5.41) is 0.710. The lowest BCUT2D eigenvalue weighted by Crippen LogP contribution is -2.48. The Morgan fingerprint density at radius 2 is 1.81 bits per heavy atom. The number of carbonyl (C=O) groups is 2. The molecule has 2 aliphatic carbocycles. The molecule has 1 saturated heterocycles. The summed E-state index contributed by atoms with van der Waals surface area (Å²) in [4.78, 5) is 31.3. The fourth-order valence-corrected chi connectivity index (χ4v) is 10.1. The Balaban J connectivity index is 0.000000303. The van der Waals surface area contributed by atoms with Gasteiger partial charge in [0.15, 0.2) is 0 Å². The van der Waals surface area contributed by atoms with Crippen molar-refractivity contribution in [1.82, 2.24) is 14.5 Å². The summed E-state index contributed by atoms with van der Waals surface area (Å²) in [6.45, 7) is 10.4. The number of likely N-dealkylation sites (N-methyl/N-ethyl adjacent to an activating group) is 1. The predicted octanol–water partition coefficient (Wildman–Crippen LogP) is 6.63. The van der Waals surface area contributed by atoms with Gasteiger partial charge in [-0.2, -0.15) is 0 Å². The molecule has 7 rings (SSSR count). The molecule has 1 spiro atoms. The predicted molar refractivity (Wildman–Crippen MR) is 210 cm³/mol. The zero-order valence-corrected chi connectivity index (χ0v) is 33.2. The van der Waals surface area contributed by atoms with E-state index in [1.807, 2.05) is 43.1 Å². The highest BCUT2D eigenvalue weighted by molar-refractivity contribution is 7.84. The molecule has 0 aromatic heterocycles. The third-order valence-electron chi connectivity index (χ3n) is 12.4. The van der Waals surface area contributed by atoms with E-state index >= 15 is 0 Å². The van der Waals surface area contributed by atoms with Crippen molar-refractivity contribution in [2.75, 3.05) is 71.5 Å². The molecule has 2 amide bonds. The molecular weight excluding hydrogens is 696 g/mol. The normalized spacial score (nSPS) is 30.0. The number of anilines is 1. The highest BCUT2D eigenvalue weighted by Gasteiger charge is 2.43. The van der Waals surface area contributed by atoms with Crippen LogP contribution in [0.1, 0.15) is 93.1 Å². The van der Waals surface area contributed by atoms with E-state index in [0.717, 1.165) is 93.6 Å². The van der Waals surface area contributed by atoms with E-state index in [-0.39, 0.29) is 22.5 Å². The smallest absolute Gasteiger partial charge is 0.263 e. The first kappa shape index (κ1) is 39.0. The number of carbonyl (C=O) groups excluding carboxylic acids is 2. The minimum absolute atomic E-state index is 0.0845. The molecule has 52 heavy (non-hydrogen) atoms. The number of methoxy groups -OCH3 is 1. The Bertz CT molecular complexity index is 1590. The van der Waals surface area contributed by atoms with Crippen LogP contribution in [-0.2, 0) is 32.4 Å². The third-order valence-corrected chi connectivity index (χ3v) is 14.2. The van der Waals surface area contributed by atoms with Crippen LogP contribution in [0.15, 0.2) is 36.4 Å². The molecule has 3 heterocycles. The number of ether oxygens (including phenoxy) is 2. The van der Waals surface area contributed by atoms with Crippen LogP contribution in [0.5, 0.6) is 5.75 Å². The zero-order valence-electron chi connectivity index (χ0n) is 31.7. The number of nitrogens with zero attached hydrogens (tertiary/aromatic N) is 3. The molecule has 1 saturated carbocycles. The minimum Gasteiger partial charge on any atom is -0.490 e. The number of nitrogens with one attached hydrogen (secondary N) is 1. The van der Waals surface area contributed by atoms with E-state index in [1.54, 1.807) is 7.11 Å². The van der Waals surface area contributed by atoms with Gasteiger partial charge in [0, 0.05) is 55.8 Å². The Morgan fingerprint density at radius 1 is 1.00 bits per heavy atom. The van der Waals surface area contributed by atoms with Gasteiger partial charge < -0.3 is 19.3 Å². The Kier molecular flexibility index (Phi) is 13.3. The van der Waals surface area contributed by atoms with Crippen molar-refractivity contribution in [3.05, 3.63) is 58.1 Å². The summed E-state index contributed by atoms with van der Waals surface area (Å²) >= 11 is 6.40. The molecule has 2 aromatic rings. The maximum atomic E-state index is 13.3. The second kappa shape index (κ2) is 17.7. The van der Waals surface area contributed by atoms with Crippen LogP contribution in [0.2, 0.25) is 5.02 Å². The van der Waals surface area contributed by atoms with Crippen LogP contribution in [0, 0.1) is 17.8 Å². The van der Waals surface area contributed by atoms with Gasteiger partial charge >= 0.3 is 0 Å². The topological polar surface area (TPSA) is 91.4 Å². The van der Waals surface area contributed by atoms with Crippen molar-refractivity contribution in [3.63, 3.8) is 0 Å². The molecular formula is C41H59ClN4O5S. The van der Waals surface area contributed by atoms with Crippen molar-refractivity contribution in [2.45, 2.75) is 88.7 Å². The highest BCUT2D eigenvalue weighted by atomic mass is 35.5. The van der Waals surface area contributed by atoms with Crippen LogP contribution in [0.3, 0.4) is 0 Å². The van der Waals surface area contributed by atoms with Gasteiger partial charge in [-0.1, -0.05) is 43.9 Å². The minimum atomic E-state index is -1.43. The first-order valence-corrected chi connectivity index (χ1v) is 21.1. The van der Waals surface area contributed by atoms with Gasteiger partial charge in [0.25, 0.3) is 5.91 Å². The first-order valence-electron chi connectivity index (χ1n) is 19.5. The molecule has 2 bridgehead atoms. The van der Waals surface area contributed by atoms with E-state index in [2.05, 4.69) is 33.6 Å². The number of hydrogen-bond acceptors (Lipinski definition) is 7. The van der Waals surface area contributed by atoms with Gasteiger partial charge in [0.05, 0.1) is 30.7 Å². The van der Waals surface area contributed by atoms with Crippen LogP contribution >= 0.6 is 11.6 Å². The molecule has 11 heteroatoms. The first-order chi connectivity index (χ1) is 25.1. The number of aryl methyl sites for hydroxylation is 1. The molecule has 1 N–H and O–H groups in total. The number of hydrogen-bond donors (Lipinski definition) is 1. The van der Waals surface area contributed by atoms with Gasteiger partial charge in [0.2, 0.25) is 5.91 Å². The van der Waals surface area contributed by atoms with Crippen LogP contribution in [0.4, 0.5) is 5.69 Å². The molecule has 286 valence electrons. The van der Waals surface area contributed by atoms with E-state index in [0.29, 0.717) is 37.2 Å². The SMILES string of the molecule is CC1CCCCC2CCC2CN2C[C@@]3(CCCc4cc(Cl)ccc43)COc3ccc(cc32)C(=O)NS(=O)C1C.COCCN1CCCN(C)CC1=O. The average Bonchev–Trinajstić information content (AvgIpc) is 3.38. The zero-order chi connectivity index (χ0) is 36.8. The Morgan fingerprint density at radius 3 is 2.60 bits per heavy atom. The van der Waals surface area contributed by atoms with Crippen LogP contribution < -0.4 is 14.4 Å².